The highest BCUT2D eigenvalue weighted by atomic mass is 14.0. The first-order valence-corrected chi connectivity index (χ1v) is 6.13. The van der Waals surface area contributed by atoms with Crippen molar-refractivity contribution < 1.29 is 0 Å². The maximum absolute atomic E-state index is 3.83. The van der Waals surface area contributed by atoms with Crippen LogP contribution >= 0.6 is 0 Å². The fraction of sp³-hybridized carbons (Fsp3) is 0.294. The molecule has 0 aliphatic rings. The van der Waals surface area contributed by atoms with Crippen LogP contribution in [0.3, 0.4) is 0 Å². The Kier molecular flexibility index (Phi) is 7.79. The molecule has 0 aliphatic heterocycles. The van der Waals surface area contributed by atoms with Crippen LogP contribution in [0.15, 0.2) is 55.1 Å². The number of hydrogen-bond donors (Lipinski definition) is 0. The van der Waals surface area contributed by atoms with Gasteiger partial charge in [-0.1, -0.05) is 75.4 Å². The molecule has 0 bridgehead atoms. The number of allylic oxidation sites excluding steroid dienone is 4. The van der Waals surface area contributed by atoms with Gasteiger partial charge in [0.15, 0.2) is 0 Å². The lowest BCUT2D eigenvalue weighted by Gasteiger charge is -2.06. The Morgan fingerprint density at radius 1 is 1.18 bits per heavy atom. The molecule has 1 aromatic carbocycles. The van der Waals surface area contributed by atoms with Crippen molar-refractivity contribution in [3.63, 3.8) is 0 Å². The third kappa shape index (κ3) is 5.35. The Bertz CT molecular complexity index is 394. The van der Waals surface area contributed by atoms with E-state index >= 15 is 0 Å². The first-order valence-electron chi connectivity index (χ1n) is 6.13. The van der Waals surface area contributed by atoms with Crippen LogP contribution in [-0.4, -0.2) is 0 Å². The molecule has 0 fully saturated rings. The fourth-order valence-corrected chi connectivity index (χ4v) is 1.43. The first-order chi connectivity index (χ1) is 8.10. The summed E-state index contributed by atoms with van der Waals surface area (Å²) >= 11 is 0. The van der Waals surface area contributed by atoms with Gasteiger partial charge in [0.25, 0.3) is 0 Å². The zero-order valence-electron chi connectivity index (χ0n) is 11.6. The molecule has 0 amide bonds. The smallest absolute Gasteiger partial charge is 0.0161 e. The van der Waals surface area contributed by atoms with Crippen molar-refractivity contribution in [3.05, 3.63) is 66.3 Å². The van der Waals surface area contributed by atoms with Crippen LogP contribution in [0.4, 0.5) is 0 Å². The van der Waals surface area contributed by atoms with Crippen molar-refractivity contribution in [2.45, 2.75) is 34.1 Å². The van der Waals surface area contributed by atoms with Crippen LogP contribution < -0.4 is 0 Å². The molecule has 0 spiro atoms. The summed E-state index contributed by atoms with van der Waals surface area (Å²) in [5, 5.41) is 0. The minimum Gasteiger partial charge on any atom is -0.0988 e. The normalized spacial score (nSPS) is 10.8. The molecule has 0 atom stereocenters. The van der Waals surface area contributed by atoms with Crippen LogP contribution in [0.25, 0.3) is 5.57 Å². The van der Waals surface area contributed by atoms with Gasteiger partial charge in [-0.25, -0.2) is 0 Å². The lowest BCUT2D eigenvalue weighted by molar-refractivity contribution is 1.09. The van der Waals surface area contributed by atoms with Crippen LogP contribution in [0.2, 0.25) is 0 Å². The largest absolute Gasteiger partial charge is 0.0988 e. The van der Waals surface area contributed by atoms with E-state index in [2.05, 4.69) is 58.2 Å². The van der Waals surface area contributed by atoms with Gasteiger partial charge in [0, 0.05) is 0 Å². The quantitative estimate of drug-likeness (QED) is 0.594. The molecule has 0 N–H and O–H groups in total. The highest BCUT2D eigenvalue weighted by Crippen LogP contribution is 2.21. The van der Waals surface area contributed by atoms with Gasteiger partial charge < -0.3 is 0 Å². The second kappa shape index (κ2) is 8.58. The molecule has 17 heavy (non-hydrogen) atoms. The molecular formula is C17H24. The van der Waals surface area contributed by atoms with Gasteiger partial charge in [0.05, 0.1) is 0 Å². The molecule has 1 rings (SSSR count). The maximum atomic E-state index is 3.83. The van der Waals surface area contributed by atoms with E-state index in [1.54, 1.807) is 0 Å². The molecule has 0 saturated heterocycles. The molecule has 0 heterocycles. The van der Waals surface area contributed by atoms with Crippen molar-refractivity contribution in [2.75, 3.05) is 0 Å². The van der Waals surface area contributed by atoms with Gasteiger partial charge >= 0.3 is 0 Å². The summed E-state index contributed by atoms with van der Waals surface area (Å²) in [4.78, 5) is 0. The summed E-state index contributed by atoms with van der Waals surface area (Å²) < 4.78 is 0. The van der Waals surface area contributed by atoms with Crippen molar-refractivity contribution in [3.8, 4) is 0 Å². The molecule has 0 radical (unpaired) electrons. The number of rotatable bonds is 3. The van der Waals surface area contributed by atoms with E-state index < -0.39 is 0 Å². The molecule has 0 unspecified atom stereocenters. The van der Waals surface area contributed by atoms with E-state index in [9.17, 15) is 0 Å². The Balaban J connectivity index is 0.000000770. The molecule has 0 saturated carbocycles. The third-order valence-corrected chi connectivity index (χ3v) is 2.26. The van der Waals surface area contributed by atoms with E-state index in [-0.39, 0.29) is 0 Å². The second-order valence-corrected chi connectivity index (χ2v) is 4.08. The molecule has 92 valence electrons. The van der Waals surface area contributed by atoms with Gasteiger partial charge in [-0.05, 0) is 30.6 Å². The lowest BCUT2D eigenvalue weighted by atomic mass is 9.99. The lowest BCUT2D eigenvalue weighted by Crippen LogP contribution is -1.85. The number of benzene rings is 1. The Hall–Kier alpha value is -1.56. The predicted octanol–water partition coefficient (Wildman–Crippen LogP) is 5.56. The summed E-state index contributed by atoms with van der Waals surface area (Å²) in [7, 11) is 0. The van der Waals surface area contributed by atoms with Crippen molar-refractivity contribution in [1.82, 2.24) is 0 Å². The molecule has 0 aliphatic carbocycles. The van der Waals surface area contributed by atoms with Gasteiger partial charge in [0.2, 0.25) is 0 Å². The van der Waals surface area contributed by atoms with Crippen LogP contribution in [0.1, 0.15) is 38.3 Å². The zero-order valence-corrected chi connectivity index (χ0v) is 11.6. The average Bonchev–Trinajstić information content (AvgIpc) is 2.31. The van der Waals surface area contributed by atoms with Crippen LogP contribution in [0, 0.1) is 6.92 Å². The minimum absolute atomic E-state index is 1.16. The summed E-state index contributed by atoms with van der Waals surface area (Å²) in [6.45, 7) is 16.0. The van der Waals surface area contributed by atoms with Gasteiger partial charge in [-0.15, -0.1) is 0 Å². The van der Waals surface area contributed by atoms with Gasteiger partial charge in [0.1, 0.15) is 0 Å². The maximum Gasteiger partial charge on any atom is -0.0161 e. The van der Waals surface area contributed by atoms with Crippen molar-refractivity contribution >= 4 is 5.57 Å². The van der Waals surface area contributed by atoms with E-state index in [1.165, 1.54) is 17.5 Å². The summed E-state index contributed by atoms with van der Waals surface area (Å²) in [5.41, 5.74) is 4.78. The van der Waals surface area contributed by atoms with E-state index in [0.717, 1.165) is 11.1 Å². The van der Waals surface area contributed by atoms with Crippen molar-refractivity contribution in [1.29, 1.82) is 0 Å². The Morgan fingerprint density at radius 2 is 1.76 bits per heavy atom. The Labute approximate surface area is 106 Å². The van der Waals surface area contributed by atoms with E-state index in [0.29, 0.717) is 0 Å². The summed E-state index contributed by atoms with van der Waals surface area (Å²) in [6.07, 6.45) is 4.99. The third-order valence-electron chi connectivity index (χ3n) is 2.26. The van der Waals surface area contributed by atoms with Gasteiger partial charge in [-0.3, -0.25) is 0 Å². The first kappa shape index (κ1) is 15.4. The average molecular weight is 228 g/mol. The van der Waals surface area contributed by atoms with E-state index in [1.807, 2.05) is 19.1 Å². The van der Waals surface area contributed by atoms with E-state index in [4.69, 9.17) is 0 Å². The monoisotopic (exact) mass is 228 g/mol. The standard InChI is InChI=1S/C14H16.C3H8/c1-5-12(4)14(6-2)13-9-7-8-11(3)10-13;1-3-2/h5-10H,1-2H2,3-4H3;3H2,1-2H3/b14-12+;. The van der Waals surface area contributed by atoms with Crippen molar-refractivity contribution in [2.24, 2.45) is 0 Å². The van der Waals surface area contributed by atoms with Crippen LogP contribution in [0.5, 0.6) is 0 Å². The summed E-state index contributed by atoms with van der Waals surface area (Å²) in [5.74, 6) is 0. The fourth-order valence-electron chi connectivity index (χ4n) is 1.43. The van der Waals surface area contributed by atoms with Crippen LogP contribution in [-0.2, 0) is 0 Å². The zero-order chi connectivity index (χ0) is 13.3. The van der Waals surface area contributed by atoms with Gasteiger partial charge in [-0.2, -0.15) is 0 Å². The molecular weight excluding hydrogens is 204 g/mol. The SMILES string of the molecule is C=C/C(C)=C(\C=C)c1cccc(C)c1.CCC. The highest BCUT2D eigenvalue weighted by Gasteiger charge is 1.99. The molecule has 0 heteroatoms. The minimum atomic E-state index is 1.16. The topological polar surface area (TPSA) is 0 Å². The molecule has 1 aromatic rings. The Morgan fingerprint density at radius 3 is 2.18 bits per heavy atom. The predicted molar refractivity (Wildman–Crippen MR) is 80.1 cm³/mol. The number of hydrogen-bond acceptors (Lipinski definition) is 0. The summed E-state index contributed by atoms with van der Waals surface area (Å²) in [6, 6.07) is 8.40. The molecule has 0 nitrogen and oxygen atoms in total. The second-order valence-electron chi connectivity index (χ2n) is 4.08. The number of aryl methyl sites for hydroxylation is 1. The molecule has 0 aromatic heterocycles. The highest BCUT2D eigenvalue weighted by molar-refractivity contribution is 5.77.